The minimum absolute atomic E-state index is 0. The second-order valence-electron chi connectivity index (χ2n) is 5.37. The van der Waals surface area contributed by atoms with Crippen molar-refractivity contribution in [3.63, 3.8) is 0 Å². The summed E-state index contributed by atoms with van der Waals surface area (Å²) in [6, 6.07) is 4.24. The minimum Gasteiger partial charge on any atom is -0.497 e. The number of hydrogen-bond acceptors (Lipinski definition) is 2. The molecule has 112 valence electrons. The van der Waals surface area contributed by atoms with Crippen LogP contribution in [0.4, 0.5) is 12.9 Å². The zero-order valence-electron chi connectivity index (χ0n) is 12.7. The van der Waals surface area contributed by atoms with E-state index < -0.39 is 12.4 Å². The summed E-state index contributed by atoms with van der Waals surface area (Å²) in [5, 5.41) is 0. The van der Waals surface area contributed by atoms with Crippen molar-refractivity contribution >= 4 is 12.4 Å². The Morgan fingerprint density at radius 3 is 2.48 bits per heavy atom. The zero-order chi connectivity index (χ0) is 14.6. The topological polar surface area (TPSA) is 12.5 Å². The van der Waals surface area contributed by atoms with E-state index in [1.165, 1.54) is 18.9 Å². The molecule has 1 aromatic carbocycles. The van der Waals surface area contributed by atoms with Gasteiger partial charge in [-0.05, 0) is 45.3 Å². The Bertz CT molecular complexity index is 450. The van der Waals surface area contributed by atoms with Gasteiger partial charge in [0.1, 0.15) is 0 Å². The molecule has 0 amide bonds. The van der Waals surface area contributed by atoms with Gasteiger partial charge < -0.3 is 22.6 Å². The van der Waals surface area contributed by atoms with Crippen LogP contribution in [0.3, 0.4) is 0 Å². The summed E-state index contributed by atoms with van der Waals surface area (Å²) < 4.78 is 44.2. The number of nitrogens with zero attached hydrogens (tertiary/aromatic N) is 1. The van der Waals surface area contributed by atoms with Crippen LogP contribution in [0.25, 0.3) is 0 Å². The molecule has 0 atom stereocenters. The third kappa shape index (κ3) is 6.23. The van der Waals surface area contributed by atoms with Gasteiger partial charge in [0.2, 0.25) is 0 Å². The molecule has 0 bridgehead atoms. The number of aryl methyl sites for hydroxylation is 1. The summed E-state index contributed by atoms with van der Waals surface area (Å²) in [7, 11) is 0. The summed E-state index contributed by atoms with van der Waals surface area (Å²) >= 11 is 0. The van der Waals surface area contributed by atoms with Crippen molar-refractivity contribution in [1.82, 2.24) is 4.90 Å². The van der Waals surface area contributed by atoms with Crippen molar-refractivity contribution in [2.24, 2.45) is 0 Å². The standard InChI is InChI=1S/C14H20BF3NO.K/c1-12-5-6-14(13(11-12)15(16,17)18)20-10-4-9-19-7-2-3-8-19;/h5-6,11H,2-4,7-10H2,1H3;/q-1;+1. The summed E-state index contributed by atoms with van der Waals surface area (Å²) in [4.78, 5) is 2.33. The SMILES string of the molecule is Cc1ccc(OCCCN2CCCC2)c([B-](F)(F)F)c1.[K+]. The molecule has 7 heteroatoms. The Morgan fingerprint density at radius 1 is 1.19 bits per heavy atom. The number of rotatable bonds is 6. The van der Waals surface area contributed by atoms with Gasteiger partial charge >= 0.3 is 58.4 Å². The molecule has 2 rings (SSSR count). The molecular formula is C14H20BF3KNO. The van der Waals surface area contributed by atoms with Crippen molar-refractivity contribution in [3.8, 4) is 5.75 Å². The largest absolute Gasteiger partial charge is 1.00 e. The van der Waals surface area contributed by atoms with Crippen LogP contribution in [0.15, 0.2) is 18.2 Å². The summed E-state index contributed by atoms with van der Waals surface area (Å²) in [5.74, 6) is -0.0375. The van der Waals surface area contributed by atoms with Gasteiger partial charge in [0.05, 0.1) is 12.4 Å². The average molecular weight is 325 g/mol. The van der Waals surface area contributed by atoms with E-state index in [9.17, 15) is 12.9 Å². The molecule has 0 radical (unpaired) electrons. The van der Waals surface area contributed by atoms with E-state index in [1.807, 2.05) is 0 Å². The van der Waals surface area contributed by atoms with Crippen molar-refractivity contribution < 1.29 is 69.1 Å². The Balaban J connectivity index is 0.00000220. The van der Waals surface area contributed by atoms with Gasteiger partial charge in [0.25, 0.3) is 0 Å². The third-order valence-electron chi connectivity index (χ3n) is 3.59. The third-order valence-corrected chi connectivity index (χ3v) is 3.59. The average Bonchev–Trinajstić information content (AvgIpc) is 2.88. The van der Waals surface area contributed by atoms with Crippen LogP contribution in [0.1, 0.15) is 24.8 Å². The van der Waals surface area contributed by atoms with Gasteiger partial charge in [-0.3, -0.25) is 0 Å². The van der Waals surface area contributed by atoms with Gasteiger partial charge in [-0.2, -0.15) is 0 Å². The van der Waals surface area contributed by atoms with Crippen LogP contribution in [-0.4, -0.2) is 38.1 Å². The van der Waals surface area contributed by atoms with Crippen molar-refractivity contribution in [2.45, 2.75) is 26.2 Å². The fourth-order valence-electron chi connectivity index (χ4n) is 2.53. The maximum absolute atomic E-state index is 13.0. The molecule has 1 fully saturated rings. The molecule has 0 aliphatic carbocycles. The molecule has 0 N–H and O–H groups in total. The second-order valence-corrected chi connectivity index (χ2v) is 5.37. The quantitative estimate of drug-likeness (QED) is 0.536. The van der Waals surface area contributed by atoms with E-state index >= 15 is 0 Å². The molecule has 0 saturated carbocycles. The van der Waals surface area contributed by atoms with E-state index in [2.05, 4.69) is 4.90 Å². The van der Waals surface area contributed by atoms with Crippen LogP contribution in [-0.2, 0) is 0 Å². The molecule has 1 aromatic rings. The Kier molecular flexibility index (Phi) is 8.31. The van der Waals surface area contributed by atoms with Gasteiger partial charge in [-0.25, -0.2) is 0 Å². The first-order valence-electron chi connectivity index (χ1n) is 7.12. The van der Waals surface area contributed by atoms with E-state index in [-0.39, 0.29) is 57.1 Å². The molecular weight excluding hydrogens is 305 g/mol. The fourth-order valence-corrected chi connectivity index (χ4v) is 2.53. The Hall–Kier alpha value is 0.471. The monoisotopic (exact) mass is 325 g/mol. The normalized spacial score (nSPS) is 15.8. The number of ether oxygens (including phenoxy) is 1. The first kappa shape index (κ1) is 19.5. The maximum atomic E-state index is 13.0. The summed E-state index contributed by atoms with van der Waals surface area (Å²) in [6.45, 7) is 0.0614. The van der Waals surface area contributed by atoms with Crippen LogP contribution in [0.2, 0.25) is 0 Å². The van der Waals surface area contributed by atoms with Gasteiger partial charge in [0, 0.05) is 6.54 Å². The Morgan fingerprint density at radius 2 is 1.86 bits per heavy atom. The van der Waals surface area contributed by atoms with Gasteiger partial charge in [-0.1, -0.05) is 23.2 Å². The molecule has 21 heavy (non-hydrogen) atoms. The Labute approximate surface area is 166 Å². The first-order valence-corrected chi connectivity index (χ1v) is 7.12. The number of halogens is 3. The molecule has 0 spiro atoms. The number of hydrogen-bond donors (Lipinski definition) is 0. The van der Waals surface area contributed by atoms with Crippen LogP contribution in [0, 0.1) is 6.92 Å². The molecule has 1 saturated heterocycles. The van der Waals surface area contributed by atoms with Crippen molar-refractivity contribution in [3.05, 3.63) is 23.8 Å². The van der Waals surface area contributed by atoms with Crippen LogP contribution < -0.4 is 61.6 Å². The first-order chi connectivity index (χ1) is 9.47. The predicted molar refractivity (Wildman–Crippen MR) is 75.7 cm³/mol. The van der Waals surface area contributed by atoms with Gasteiger partial charge in [0.15, 0.2) is 0 Å². The summed E-state index contributed by atoms with van der Waals surface area (Å²) in [6.07, 6.45) is 3.21. The van der Waals surface area contributed by atoms with E-state index in [0.717, 1.165) is 32.1 Å². The summed E-state index contributed by atoms with van der Waals surface area (Å²) in [5.41, 5.74) is -0.0187. The van der Waals surface area contributed by atoms with Crippen molar-refractivity contribution in [2.75, 3.05) is 26.2 Å². The van der Waals surface area contributed by atoms with Gasteiger partial charge in [-0.15, -0.1) is 0 Å². The van der Waals surface area contributed by atoms with E-state index in [0.29, 0.717) is 12.2 Å². The number of benzene rings is 1. The molecule has 1 heterocycles. The smallest absolute Gasteiger partial charge is 0.497 e. The molecule has 1 aliphatic rings. The fraction of sp³-hybridized carbons (Fsp3) is 0.571. The molecule has 2 nitrogen and oxygen atoms in total. The zero-order valence-corrected chi connectivity index (χ0v) is 15.9. The van der Waals surface area contributed by atoms with E-state index in [1.54, 1.807) is 13.0 Å². The maximum Gasteiger partial charge on any atom is 1.00 e. The molecule has 1 aliphatic heterocycles. The van der Waals surface area contributed by atoms with E-state index in [4.69, 9.17) is 4.74 Å². The van der Waals surface area contributed by atoms with Crippen LogP contribution in [0.5, 0.6) is 5.75 Å². The minimum atomic E-state index is -5.02. The predicted octanol–water partition coefficient (Wildman–Crippen LogP) is -0.0819. The van der Waals surface area contributed by atoms with Crippen LogP contribution >= 0.6 is 0 Å². The molecule has 0 aromatic heterocycles. The second kappa shape index (κ2) is 8.94. The molecule has 0 unspecified atom stereocenters. The number of likely N-dealkylation sites (tertiary alicyclic amines) is 1. The van der Waals surface area contributed by atoms with Crippen molar-refractivity contribution in [1.29, 1.82) is 0 Å².